The van der Waals surface area contributed by atoms with Crippen molar-refractivity contribution in [3.05, 3.63) is 148 Å². The van der Waals surface area contributed by atoms with Gasteiger partial charge >= 0.3 is 23.3 Å². The van der Waals surface area contributed by atoms with Crippen LogP contribution in [0.4, 0.5) is 8.78 Å². The summed E-state index contributed by atoms with van der Waals surface area (Å²) in [5, 5.41) is 20.7. The molecule has 57 heavy (non-hydrogen) atoms. The molecule has 2 N–H and O–H groups in total. The Hall–Kier alpha value is -4.14. The molecule has 1 fully saturated rings. The van der Waals surface area contributed by atoms with Crippen molar-refractivity contribution in [1.82, 2.24) is 9.20 Å². The van der Waals surface area contributed by atoms with Crippen LogP contribution in [0.5, 0.6) is 0 Å². The molecular formula is C41H42B2Cl2F2N2O7S. The van der Waals surface area contributed by atoms with Crippen LogP contribution >= 0.6 is 23.2 Å². The summed E-state index contributed by atoms with van der Waals surface area (Å²) in [4.78, 5) is 16.8. The molecule has 1 unspecified atom stereocenters. The molecule has 1 aromatic heterocycles. The number of aromatic nitrogens is 1. The minimum atomic E-state index is -3.90. The third-order valence-electron chi connectivity index (χ3n) is 9.55. The Morgan fingerprint density at radius 2 is 1.46 bits per heavy atom. The molecule has 0 radical (unpaired) electrons. The van der Waals surface area contributed by atoms with E-state index in [0.29, 0.717) is 58.0 Å². The van der Waals surface area contributed by atoms with Crippen molar-refractivity contribution in [2.75, 3.05) is 13.7 Å². The molecule has 0 bridgehead atoms. The molecule has 9 nitrogen and oxygen atoms in total. The zero-order valence-corrected chi connectivity index (χ0v) is 33.9. The van der Waals surface area contributed by atoms with Crippen LogP contribution in [0.2, 0.25) is 30.0 Å². The number of benzene rings is 4. The summed E-state index contributed by atoms with van der Waals surface area (Å²) in [6.45, 7) is 2.59. The fraction of sp³-hybridized carbons (Fsp3) is 0.268. The topological polar surface area (TPSA) is 126 Å². The summed E-state index contributed by atoms with van der Waals surface area (Å²) in [7, 11) is -3.70. The van der Waals surface area contributed by atoms with E-state index in [0.717, 1.165) is 20.9 Å². The first kappa shape index (κ1) is 44.0. The zero-order chi connectivity index (χ0) is 41.3. The lowest BCUT2D eigenvalue weighted by atomic mass is 9.61. The van der Waals surface area contributed by atoms with Gasteiger partial charge in [-0.25, -0.2) is 8.78 Å². The van der Waals surface area contributed by atoms with E-state index in [1.165, 1.54) is 38.2 Å². The molecule has 0 aliphatic carbocycles. The number of hydrogen-bond acceptors (Lipinski definition) is 8. The third kappa shape index (κ3) is 12.0. The van der Waals surface area contributed by atoms with E-state index in [4.69, 9.17) is 32.1 Å². The van der Waals surface area contributed by atoms with Gasteiger partial charge in [0, 0.05) is 33.4 Å². The summed E-state index contributed by atoms with van der Waals surface area (Å²) in [5.74, 6) is -1.52. The Kier molecular flexibility index (Phi) is 15.4. The van der Waals surface area contributed by atoms with Gasteiger partial charge in [-0.3, -0.25) is 14.0 Å². The minimum absolute atomic E-state index is 0.0160. The highest BCUT2D eigenvalue weighted by Crippen LogP contribution is 2.32. The first-order valence-corrected chi connectivity index (χ1v) is 20.4. The molecular weight excluding hydrogens is 795 g/mol. The molecule has 6 rings (SSSR count). The lowest BCUT2D eigenvalue weighted by Gasteiger charge is -2.22. The van der Waals surface area contributed by atoms with Crippen molar-refractivity contribution in [2.45, 2.75) is 51.2 Å². The average molecular weight is 837 g/mol. The second-order valence-corrected chi connectivity index (χ2v) is 16.3. The van der Waals surface area contributed by atoms with Crippen LogP contribution in [-0.2, 0) is 36.9 Å². The van der Waals surface area contributed by atoms with E-state index >= 15 is 0 Å². The van der Waals surface area contributed by atoms with Crippen molar-refractivity contribution in [3.63, 3.8) is 0 Å². The quantitative estimate of drug-likeness (QED) is 0.0895. The van der Waals surface area contributed by atoms with Gasteiger partial charge in [0.05, 0.1) is 25.3 Å². The van der Waals surface area contributed by atoms with Gasteiger partial charge in [-0.05, 0) is 109 Å². The number of carbonyl (C=O) groups is 1. The van der Waals surface area contributed by atoms with E-state index < -0.39 is 36.2 Å². The van der Waals surface area contributed by atoms with E-state index in [-0.39, 0.29) is 30.1 Å². The Labute approximate surface area is 343 Å². The molecule has 298 valence electrons. The standard InChI is InChI=1S/C25H26BClFNO3.C16H16BClFNO4S/c1-26(31)16-18(14-22(25(30)32-2)24-5-3-4-12-29-24)13-17-6-8-19(9-7-17)21-15-20(27)10-11-23(21)28;1-17(21)20-14(10-24-25(20,22)23)8-11-2-4-12(5-3-11)15-9-13(18)6-7-16(15)19/h3-12,15,18,22,31H,13-14,16H2,1-2H3;2-7,9,14,21H,8,10H2,1H3/t18-,22?;14-/m11/s1. The first-order chi connectivity index (χ1) is 27.1. The molecule has 0 saturated carbocycles. The van der Waals surface area contributed by atoms with Crippen molar-refractivity contribution in [3.8, 4) is 22.3 Å². The zero-order valence-electron chi connectivity index (χ0n) is 31.6. The number of methoxy groups -OCH3 is 1. The van der Waals surface area contributed by atoms with E-state index in [1.807, 2.05) is 36.4 Å². The molecule has 0 amide bonds. The van der Waals surface area contributed by atoms with Crippen molar-refractivity contribution >= 4 is 53.4 Å². The minimum Gasteiger partial charge on any atom is -0.469 e. The van der Waals surface area contributed by atoms with Crippen molar-refractivity contribution in [1.29, 1.82) is 0 Å². The summed E-state index contributed by atoms with van der Waals surface area (Å²) < 4.78 is 62.5. The SMILES string of the molecule is CB(O)N1[C@H](Cc2ccc(-c3cc(Cl)ccc3F)cc2)COS1(=O)=O.COC(=O)C(C[C@H](CB(C)O)Cc1ccc(-c2cc(Cl)ccc2F)cc1)c1ccccn1. The molecule has 0 spiro atoms. The number of halogens is 4. The van der Waals surface area contributed by atoms with Gasteiger partial charge in [0.25, 0.3) is 6.92 Å². The number of rotatable bonds is 13. The Morgan fingerprint density at radius 1 is 0.895 bits per heavy atom. The van der Waals surface area contributed by atoms with Crippen LogP contribution in [-0.4, -0.2) is 67.4 Å². The first-order valence-electron chi connectivity index (χ1n) is 18.3. The Bertz CT molecular complexity index is 2220. The predicted octanol–water partition coefficient (Wildman–Crippen LogP) is 8.40. The fourth-order valence-electron chi connectivity index (χ4n) is 6.95. The Morgan fingerprint density at radius 3 is 1.95 bits per heavy atom. The number of esters is 1. The molecule has 3 atom stereocenters. The van der Waals surface area contributed by atoms with Gasteiger partial charge in [-0.1, -0.05) is 84.6 Å². The predicted molar refractivity (Wildman–Crippen MR) is 221 cm³/mol. The fourth-order valence-corrected chi connectivity index (χ4v) is 8.62. The lowest BCUT2D eigenvalue weighted by molar-refractivity contribution is -0.143. The van der Waals surface area contributed by atoms with E-state index in [9.17, 15) is 32.0 Å². The second kappa shape index (κ2) is 20.0. The van der Waals surface area contributed by atoms with Gasteiger partial charge < -0.3 is 14.8 Å². The van der Waals surface area contributed by atoms with Gasteiger partial charge in [0.2, 0.25) is 0 Å². The number of hydrogen-bond donors (Lipinski definition) is 2. The van der Waals surface area contributed by atoms with Crippen LogP contribution in [0.3, 0.4) is 0 Å². The van der Waals surface area contributed by atoms with Crippen LogP contribution in [0.25, 0.3) is 22.3 Å². The van der Waals surface area contributed by atoms with Crippen LogP contribution < -0.4 is 0 Å². The number of pyridine rings is 1. The molecule has 16 heteroatoms. The maximum Gasteiger partial charge on any atom is 0.393 e. The maximum atomic E-state index is 14.2. The van der Waals surface area contributed by atoms with Gasteiger partial charge in [0.1, 0.15) is 11.6 Å². The van der Waals surface area contributed by atoms with Gasteiger partial charge in [0.15, 0.2) is 0 Å². The summed E-state index contributed by atoms with van der Waals surface area (Å²) >= 11 is 11.9. The van der Waals surface area contributed by atoms with Gasteiger partial charge in [-0.2, -0.15) is 12.6 Å². The number of carbonyl (C=O) groups excluding carboxylic acids is 1. The smallest absolute Gasteiger partial charge is 0.393 e. The van der Waals surface area contributed by atoms with Crippen LogP contribution in [0.15, 0.2) is 109 Å². The Balaban J connectivity index is 0.000000224. The van der Waals surface area contributed by atoms with Crippen molar-refractivity contribution in [2.24, 2.45) is 5.92 Å². The molecule has 1 aliphatic rings. The highest BCUT2D eigenvalue weighted by atomic mass is 35.5. The average Bonchev–Trinajstić information content (AvgIpc) is 3.49. The van der Waals surface area contributed by atoms with E-state index in [1.54, 1.807) is 55.5 Å². The van der Waals surface area contributed by atoms with Gasteiger partial charge in [-0.15, -0.1) is 0 Å². The monoisotopic (exact) mass is 836 g/mol. The molecule has 4 aromatic carbocycles. The summed E-state index contributed by atoms with van der Waals surface area (Å²) in [5.41, 5.74) is 4.80. The number of ether oxygens (including phenoxy) is 1. The van der Waals surface area contributed by atoms with Crippen LogP contribution in [0.1, 0.15) is 29.2 Å². The summed E-state index contributed by atoms with van der Waals surface area (Å²) in [6, 6.07) is 28.5. The molecule has 5 aromatic rings. The second-order valence-electron chi connectivity index (χ2n) is 13.9. The molecule has 1 saturated heterocycles. The van der Waals surface area contributed by atoms with Crippen LogP contribution in [0, 0.1) is 17.6 Å². The maximum absolute atomic E-state index is 14.2. The third-order valence-corrected chi connectivity index (χ3v) is 11.6. The van der Waals surface area contributed by atoms with E-state index in [2.05, 4.69) is 4.98 Å². The molecule has 2 heterocycles. The normalized spacial score (nSPS) is 15.9. The lowest BCUT2D eigenvalue weighted by Crippen LogP contribution is -2.45. The molecule has 1 aliphatic heterocycles. The number of nitrogens with zero attached hydrogens (tertiary/aromatic N) is 2. The highest BCUT2D eigenvalue weighted by Gasteiger charge is 2.43. The highest BCUT2D eigenvalue weighted by molar-refractivity contribution is 7.85. The summed E-state index contributed by atoms with van der Waals surface area (Å²) in [6.07, 6.45) is 3.72. The largest absolute Gasteiger partial charge is 0.469 e. The van der Waals surface area contributed by atoms with Crippen molar-refractivity contribution < 1.29 is 41.0 Å².